The summed E-state index contributed by atoms with van der Waals surface area (Å²) >= 11 is 0. The van der Waals surface area contributed by atoms with Crippen LogP contribution in [0.1, 0.15) is 24.3 Å². The monoisotopic (exact) mass is 430 g/mol. The summed E-state index contributed by atoms with van der Waals surface area (Å²) in [5.41, 5.74) is 1.43. The van der Waals surface area contributed by atoms with Crippen LogP contribution in [0, 0.1) is 5.82 Å². The minimum Gasteiger partial charge on any atom is -0.487 e. The lowest BCUT2D eigenvalue weighted by atomic mass is 9.84. The molecule has 0 unspecified atom stereocenters. The number of carbonyl (C=O) groups is 2. The fourth-order valence-electron chi connectivity index (χ4n) is 4.08. The van der Waals surface area contributed by atoms with Crippen LogP contribution >= 0.6 is 0 Å². The summed E-state index contributed by atoms with van der Waals surface area (Å²) in [6, 6.07) is 10.5. The molecule has 4 rings (SSSR count). The average Bonchev–Trinajstić information content (AvgIpc) is 3.12. The van der Waals surface area contributed by atoms with Crippen LogP contribution in [0.2, 0.25) is 0 Å². The van der Waals surface area contributed by atoms with Gasteiger partial charge in [-0.05, 0) is 36.8 Å². The third kappa shape index (κ3) is 4.47. The largest absolute Gasteiger partial charge is 0.487 e. The number of methoxy groups -OCH3 is 1. The van der Waals surface area contributed by atoms with Gasteiger partial charge in [-0.2, -0.15) is 0 Å². The van der Waals surface area contributed by atoms with Crippen molar-refractivity contribution in [2.45, 2.75) is 37.1 Å². The fraction of sp³-hybridized carbons (Fsp3) is 0.364. The highest BCUT2D eigenvalue weighted by atomic mass is 19.1. The number of aliphatic hydroxyl groups is 1. The standard InChI is InChI=1S/C22H23FN2O6/c1-29-20(27)10-13-9-15-14-8-12(6-7-18(14)31-21(15)19(11-26)30-13)24-22(28)25-17-5-3-2-4-16(17)23/h2-8,13,15,19,21,26H,9-11H2,1H3,(H2,24,25,28)/t13-,15+,19+,21-/m0/s1. The number of fused-ring (bicyclic) bond motifs is 3. The quantitative estimate of drug-likeness (QED) is 0.630. The molecule has 0 bridgehead atoms. The molecule has 1 saturated heterocycles. The number of hydrogen-bond acceptors (Lipinski definition) is 6. The van der Waals surface area contributed by atoms with Gasteiger partial charge in [-0.25, -0.2) is 9.18 Å². The minimum absolute atomic E-state index is 0.0745. The van der Waals surface area contributed by atoms with Gasteiger partial charge in [-0.3, -0.25) is 4.79 Å². The van der Waals surface area contributed by atoms with E-state index < -0.39 is 30.2 Å². The number of nitrogens with one attached hydrogen (secondary N) is 2. The van der Waals surface area contributed by atoms with E-state index in [4.69, 9.17) is 14.2 Å². The smallest absolute Gasteiger partial charge is 0.323 e. The van der Waals surface area contributed by atoms with E-state index in [1.165, 1.54) is 25.3 Å². The van der Waals surface area contributed by atoms with Gasteiger partial charge in [0.2, 0.25) is 0 Å². The zero-order valence-corrected chi connectivity index (χ0v) is 16.8. The molecule has 2 aromatic rings. The fourth-order valence-corrected chi connectivity index (χ4v) is 4.08. The van der Waals surface area contributed by atoms with Crippen LogP contribution in [0.5, 0.6) is 5.75 Å². The third-order valence-corrected chi connectivity index (χ3v) is 5.50. The number of amides is 2. The second kappa shape index (κ2) is 8.91. The summed E-state index contributed by atoms with van der Waals surface area (Å²) in [7, 11) is 1.32. The van der Waals surface area contributed by atoms with Crippen LogP contribution in [0.3, 0.4) is 0 Å². The SMILES string of the molecule is COC(=O)C[C@@H]1C[C@@H]2c3cc(NC(=O)Nc4ccccc4F)ccc3O[C@@H]2[C@@H](CO)O1. The van der Waals surface area contributed by atoms with E-state index in [2.05, 4.69) is 10.6 Å². The van der Waals surface area contributed by atoms with Crippen molar-refractivity contribution in [1.29, 1.82) is 0 Å². The van der Waals surface area contributed by atoms with E-state index in [0.29, 0.717) is 17.9 Å². The Hall–Kier alpha value is -3.17. The van der Waals surface area contributed by atoms with Crippen molar-refractivity contribution in [2.24, 2.45) is 0 Å². The molecule has 31 heavy (non-hydrogen) atoms. The molecule has 0 aliphatic carbocycles. The van der Waals surface area contributed by atoms with Crippen LogP contribution in [-0.2, 0) is 14.3 Å². The Morgan fingerprint density at radius 3 is 2.77 bits per heavy atom. The highest BCUT2D eigenvalue weighted by Crippen LogP contribution is 2.47. The third-order valence-electron chi connectivity index (χ3n) is 5.50. The highest BCUT2D eigenvalue weighted by molar-refractivity contribution is 5.99. The van der Waals surface area contributed by atoms with Crippen LogP contribution in [0.15, 0.2) is 42.5 Å². The van der Waals surface area contributed by atoms with Gasteiger partial charge in [0.1, 0.15) is 23.8 Å². The van der Waals surface area contributed by atoms with Crippen LogP contribution in [0.4, 0.5) is 20.6 Å². The molecule has 2 aliphatic rings. The molecule has 0 aromatic heterocycles. The van der Waals surface area contributed by atoms with Crippen molar-refractivity contribution >= 4 is 23.4 Å². The Morgan fingerprint density at radius 1 is 1.23 bits per heavy atom. The van der Waals surface area contributed by atoms with Crippen molar-refractivity contribution in [3.8, 4) is 5.75 Å². The molecule has 8 nitrogen and oxygen atoms in total. The molecular weight excluding hydrogens is 407 g/mol. The zero-order valence-electron chi connectivity index (χ0n) is 16.8. The predicted molar refractivity (Wildman–Crippen MR) is 110 cm³/mol. The number of ether oxygens (including phenoxy) is 3. The van der Waals surface area contributed by atoms with E-state index >= 15 is 0 Å². The highest BCUT2D eigenvalue weighted by Gasteiger charge is 2.46. The number of benzene rings is 2. The number of esters is 1. The van der Waals surface area contributed by atoms with Crippen molar-refractivity contribution in [3.63, 3.8) is 0 Å². The average molecular weight is 430 g/mol. The topological polar surface area (TPSA) is 106 Å². The molecule has 2 heterocycles. The Balaban J connectivity index is 1.49. The summed E-state index contributed by atoms with van der Waals surface area (Å²) in [6.45, 7) is -0.247. The molecule has 2 amide bonds. The number of anilines is 2. The van der Waals surface area contributed by atoms with Gasteiger partial charge >= 0.3 is 12.0 Å². The van der Waals surface area contributed by atoms with Gasteiger partial charge in [0, 0.05) is 17.2 Å². The molecule has 0 radical (unpaired) electrons. The number of urea groups is 1. The first-order valence-electron chi connectivity index (χ1n) is 9.94. The maximum atomic E-state index is 13.8. The molecule has 0 saturated carbocycles. The van der Waals surface area contributed by atoms with Crippen LogP contribution in [-0.4, -0.2) is 49.1 Å². The second-order valence-electron chi connectivity index (χ2n) is 7.50. The minimum atomic E-state index is -0.582. The number of halogens is 1. The maximum absolute atomic E-state index is 13.8. The number of rotatable bonds is 5. The molecule has 1 fully saturated rings. The molecule has 3 N–H and O–H groups in total. The number of carbonyl (C=O) groups excluding carboxylic acids is 2. The first kappa shape index (κ1) is 21.1. The molecular formula is C22H23FN2O6. The summed E-state index contributed by atoms with van der Waals surface area (Å²) in [6.07, 6.45) is -0.804. The van der Waals surface area contributed by atoms with Crippen LogP contribution in [0.25, 0.3) is 0 Å². The lowest BCUT2D eigenvalue weighted by Crippen LogP contribution is -2.46. The summed E-state index contributed by atoms with van der Waals surface area (Å²) < 4.78 is 30.3. The van der Waals surface area contributed by atoms with E-state index in [9.17, 15) is 19.1 Å². The summed E-state index contributed by atoms with van der Waals surface area (Å²) in [5.74, 6) is -0.404. The van der Waals surface area contributed by atoms with Gasteiger partial charge in [0.25, 0.3) is 0 Å². The van der Waals surface area contributed by atoms with Crippen molar-refractivity contribution in [3.05, 3.63) is 53.8 Å². The van der Waals surface area contributed by atoms with Gasteiger partial charge in [-0.15, -0.1) is 0 Å². The Morgan fingerprint density at radius 2 is 2.03 bits per heavy atom. The molecule has 164 valence electrons. The van der Waals surface area contributed by atoms with Crippen molar-refractivity contribution < 1.29 is 33.3 Å². The van der Waals surface area contributed by atoms with Crippen LogP contribution < -0.4 is 15.4 Å². The Bertz CT molecular complexity index is 984. The molecule has 4 atom stereocenters. The Kier molecular flexibility index (Phi) is 6.06. The van der Waals surface area contributed by atoms with Gasteiger partial charge in [-0.1, -0.05) is 12.1 Å². The number of para-hydroxylation sites is 1. The van der Waals surface area contributed by atoms with Gasteiger partial charge < -0.3 is 30.0 Å². The number of hydrogen-bond donors (Lipinski definition) is 3. The van der Waals surface area contributed by atoms with Gasteiger partial charge in [0.05, 0.1) is 31.9 Å². The van der Waals surface area contributed by atoms with E-state index in [0.717, 1.165) is 5.56 Å². The number of aliphatic hydroxyl groups excluding tert-OH is 1. The maximum Gasteiger partial charge on any atom is 0.323 e. The summed E-state index contributed by atoms with van der Waals surface area (Å²) in [5, 5.41) is 14.9. The lowest BCUT2D eigenvalue weighted by Gasteiger charge is -2.36. The Labute approximate surface area is 178 Å². The van der Waals surface area contributed by atoms with E-state index in [-0.39, 0.29) is 30.6 Å². The molecule has 2 aliphatic heterocycles. The van der Waals surface area contributed by atoms with Crippen molar-refractivity contribution in [1.82, 2.24) is 0 Å². The zero-order chi connectivity index (χ0) is 22.0. The van der Waals surface area contributed by atoms with Gasteiger partial charge in [0.15, 0.2) is 0 Å². The lowest BCUT2D eigenvalue weighted by molar-refractivity contribution is -0.156. The van der Waals surface area contributed by atoms with E-state index in [1.807, 2.05) is 0 Å². The summed E-state index contributed by atoms with van der Waals surface area (Å²) in [4.78, 5) is 24.0. The van der Waals surface area contributed by atoms with Crippen molar-refractivity contribution in [2.75, 3.05) is 24.4 Å². The normalized spacial score (nSPS) is 23.8. The first-order chi connectivity index (χ1) is 15.0. The van der Waals surface area contributed by atoms with E-state index in [1.54, 1.807) is 24.3 Å². The molecule has 0 spiro atoms. The predicted octanol–water partition coefficient (Wildman–Crippen LogP) is 3.03. The first-order valence-corrected chi connectivity index (χ1v) is 9.94. The molecule has 2 aromatic carbocycles. The molecule has 9 heteroatoms. The second-order valence-corrected chi connectivity index (χ2v) is 7.50.